The van der Waals surface area contributed by atoms with Crippen LogP contribution >= 0.6 is 11.6 Å². The third-order valence-electron chi connectivity index (χ3n) is 3.48. The average Bonchev–Trinajstić information content (AvgIpc) is 2.85. The van der Waals surface area contributed by atoms with Gasteiger partial charge in [-0.15, -0.1) is 0 Å². The molecule has 23 heavy (non-hydrogen) atoms. The van der Waals surface area contributed by atoms with Crippen LogP contribution in [0.15, 0.2) is 30.5 Å². The first kappa shape index (κ1) is 17.0. The van der Waals surface area contributed by atoms with Crippen molar-refractivity contribution in [3.05, 3.63) is 46.7 Å². The normalized spacial score (nSPS) is 10.8. The van der Waals surface area contributed by atoms with E-state index < -0.39 is 5.97 Å². The molecule has 0 saturated heterocycles. The summed E-state index contributed by atoms with van der Waals surface area (Å²) in [5.74, 6) is -1.40. The van der Waals surface area contributed by atoms with Crippen molar-refractivity contribution in [3.8, 4) is 5.69 Å². The Labute approximate surface area is 139 Å². The Bertz CT molecular complexity index is 740. The van der Waals surface area contributed by atoms with Gasteiger partial charge >= 0.3 is 5.97 Å². The molecule has 0 aliphatic rings. The number of rotatable bonds is 5. The zero-order chi connectivity index (χ0) is 17.1. The van der Waals surface area contributed by atoms with Gasteiger partial charge in [0.25, 0.3) is 5.91 Å². The highest BCUT2D eigenvalue weighted by Gasteiger charge is 2.25. The Kier molecular flexibility index (Phi) is 5.05. The molecule has 0 spiro atoms. The van der Waals surface area contributed by atoms with Crippen molar-refractivity contribution in [3.63, 3.8) is 0 Å². The Balaban J connectivity index is 2.38. The van der Waals surface area contributed by atoms with E-state index in [1.807, 2.05) is 6.07 Å². The van der Waals surface area contributed by atoms with Gasteiger partial charge in [-0.1, -0.05) is 17.7 Å². The van der Waals surface area contributed by atoms with Crippen LogP contribution in [-0.4, -0.2) is 44.3 Å². The van der Waals surface area contributed by atoms with E-state index in [1.54, 1.807) is 43.7 Å². The minimum atomic E-state index is -1.05. The zero-order valence-electron chi connectivity index (χ0n) is 13.2. The molecule has 0 fully saturated rings. The number of carbonyl (C=O) groups is 2. The quantitative estimate of drug-likeness (QED) is 0.911. The standard InChI is InChI=1S/C16H18ClN3O3/c1-10(2)19(9-15(21)22)16(23)14-8-18-20(11(14)3)13-6-4-5-12(17)7-13/h4-8,10H,9H2,1-3H3,(H,21,22). The molecule has 7 heteroatoms. The summed E-state index contributed by atoms with van der Waals surface area (Å²) in [5.41, 5.74) is 1.75. The Hall–Kier alpha value is -2.34. The van der Waals surface area contributed by atoms with Gasteiger partial charge in [0, 0.05) is 11.1 Å². The summed E-state index contributed by atoms with van der Waals surface area (Å²) >= 11 is 5.98. The molecule has 0 aliphatic carbocycles. The second kappa shape index (κ2) is 6.83. The molecule has 0 atom stereocenters. The van der Waals surface area contributed by atoms with Gasteiger partial charge in [-0.25, -0.2) is 4.68 Å². The first-order valence-corrected chi connectivity index (χ1v) is 7.52. The number of nitrogens with zero attached hydrogens (tertiary/aromatic N) is 3. The number of aromatic nitrogens is 2. The predicted octanol–water partition coefficient (Wildman–Crippen LogP) is 2.77. The highest BCUT2D eigenvalue weighted by Crippen LogP contribution is 2.19. The lowest BCUT2D eigenvalue weighted by molar-refractivity contribution is -0.138. The predicted molar refractivity (Wildman–Crippen MR) is 87.1 cm³/mol. The Morgan fingerprint density at radius 3 is 2.65 bits per heavy atom. The SMILES string of the molecule is Cc1c(C(=O)N(CC(=O)O)C(C)C)cnn1-c1cccc(Cl)c1. The number of carboxylic acids is 1. The highest BCUT2D eigenvalue weighted by atomic mass is 35.5. The van der Waals surface area contributed by atoms with E-state index in [0.717, 1.165) is 5.69 Å². The van der Waals surface area contributed by atoms with Crippen molar-refractivity contribution in [1.29, 1.82) is 0 Å². The van der Waals surface area contributed by atoms with Crippen LogP contribution in [0.1, 0.15) is 29.9 Å². The van der Waals surface area contributed by atoms with Gasteiger partial charge in [-0.05, 0) is 39.0 Å². The fourth-order valence-electron chi connectivity index (χ4n) is 2.28. The van der Waals surface area contributed by atoms with Crippen molar-refractivity contribution in [2.75, 3.05) is 6.54 Å². The zero-order valence-corrected chi connectivity index (χ0v) is 13.9. The summed E-state index contributed by atoms with van der Waals surface area (Å²) in [6.07, 6.45) is 1.45. The summed E-state index contributed by atoms with van der Waals surface area (Å²) in [4.78, 5) is 24.9. The highest BCUT2D eigenvalue weighted by molar-refractivity contribution is 6.30. The molecular formula is C16H18ClN3O3. The maximum Gasteiger partial charge on any atom is 0.323 e. The number of benzene rings is 1. The fraction of sp³-hybridized carbons (Fsp3) is 0.312. The number of amides is 1. The monoisotopic (exact) mass is 335 g/mol. The molecule has 1 N–H and O–H groups in total. The lowest BCUT2D eigenvalue weighted by Crippen LogP contribution is -2.40. The number of aliphatic carboxylic acids is 1. The van der Waals surface area contributed by atoms with E-state index in [-0.39, 0.29) is 18.5 Å². The van der Waals surface area contributed by atoms with Gasteiger partial charge in [-0.3, -0.25) is 9.59 Å². The number of carbonyl (C=O) groups excluding carboxylic acids is 1. The lowest BCUT2D eigenvalue weighted by Gasteiger charge is -2.24. The van der Waals surface area contributed by atoms with Gasteiger partial charge in [-0.2, -0.15) is 5.10 Å². The topological polar surface area (TPSA) is 75.4 Å². The largest absolute Gasteiger partial charge is 0.480 e. The summed E-state index contributed by atoms with van der Waals surface area (Å²) in [6.45, 7) is 4.97. The van der Waals surface area contributed by atoms with Crippen LogP contribution in [0.4, 0.5) is 0 Å². The van der Waals surface area contributed by atoms with E-state index in [2.05, 4.69) is 5.10 Å². The van der Waals surface area contributed by atoms with Gasteiger partial charge in [0.05, 0.1) is 23.1 Å². The maximum absolute atomic E-state index is 12.6. The van der Waals surface area contributed by atoms with Gasteiger partial charge in [0.15, 0.2) is 0 Å². The first-order chi connectivity index (χ1) is 10.8. The van der Waals surface area contributed by atoms with E-state index >= 15 is 0 Å². The average molecular weight is 336 g/mol. The second-order valence-electron chi connectivity index (χ2n) is 5.46. The third kappa shape index (κ3) is 3.71. The minimum Gasteiger partial charge on any atom is -0.480 e. The molecule has 6 nitrogen and oxygen atoms in total. The molecular weight excluding hydrogens is 318 g/mol. The summed E-state index contributed by atoms with van der Waals surface area (Å²) < 4.78 is 1.61. The van der Waals surface area contributed by atoms with Crippen LogP contribution in [0.3, 0.4) is 0 Å². The van der Waals surface area contributed by atoms with Gasteiger partial charge in [0.1, 0.15) is 6.54 Å². The molecule has 0 radical (unpaired) electrons. The van der Waals surface area contributed by atoms with E-state index in [9.17, 15) is 9.59 Å². The van der Waals surface area contributed by atoms with Crippen LogP contribution in [0.25, 0.3) is 5.69 Å². The second-order valence-corrected chi connectivity index (χ2v) is 5.89. The molecule has 122 valence electrons. The van der Waals surface area contributed by atoms with Crippen molar-refractivity contribution >= 4 is 23.5 Å². The summed E-state index contributed by atoms with van der Waals surface area (Å²) in [6, 6.07) is 6.90. The van der Waals surface area contributed by atoms with Crippen LogP contribution in [0.2, 0.25) is 5.02 Å². The molecule has 1 aromatic carbocycles. The summed E-state index contributed by atoms with van der Waals surface area (Å²) in [7, 11) is 0. The van der Waals surface area contributed by atoms with Crippen molar-refractivity contribution in [2.45, 2.75) is 26.8 Å². The smallest absolute Gasteiger partial charge is 0.323 e. The van der Waals surface area contributed by atoms with Crippen molar-refractivity contribution < 1.29 is 14.7 Å². The number of halogens is 1. The molecule has 0 unspecified atom stereocenters. The Morgan fingerprint density at radius 1 is 1.39 bits per heavy atom. The minimum absolute atomic E-state index is 0.229. The van der Waals surface area contributed by atoms with E-state index in [4.69, 9.17) is 16.7 Å². The first-order valence-electron chi connectivity index (χ1n) is 7.14. The van der Waals surface area contributed by atoms with E-state index in [0.29, 0.717) is 16.3 Å². The molecule has 0 aliphatic heterocycles. The molecule has 0 bridgehead atoms. The van der Waals surface area contributed by atoms with Gasteiger partial charge < -0.3 is 10.0 Å². The molecule has 1 amide bonds. The lowest BCUT2D eigenvalue weighted by atomic mass is 10.2. The molecule has 2 rings (SSSR count). The van der Waals surface area contributed by atoms with Crippen molar-refractivity contribution in [1.82, 2.24) is 14.7 Å². The van der Waals surface area contributed by atoms with Crippen LogP contribution in [0, 0.1) is 6.92 Å². The number of hydrogen-bond donors (Lipinski definition) is 1. The third-order valence-corrected chi connectivity index (χ3v) is 3.72. The van der Waals surface area contributed by atoms with Crippen LogP contribution in [0.5, 0.6) is 0 Å². The van der Waals surface area contributed by atoms with Crippen LogP contribution < -0.4 is 0 Å². The van der Waals surface area contributed by atoms with Gasteiger partial charge in [0.2, 0.25) is 0 Å². The number of hydrogen-bond acceptors (Lipinski definition) is 3. The summed E-state index contributed by atoms with van der Waals surface area (Å²) in [5, 5.41) is 13.8. The molecule has 1 heterocycles. The van der Waals surface area contributed by atoms with Crippen LogP contribution in [-0.2, 0) is 4.79 Å². The van der Waals surface area contributed by atoms with Crippen molar-refractivity contribution in [2.24, 2.45) is 0 Å². The maximum atomic E-state index is 12.6. The fourth-order valence-corrected chi connectivity index (χ4v) is 2.46. The molecule has 2 aromatic rings. The molecule has 1 aromatic heterocycles. The molecule has 0 saturated carbocycles. The number of carboxylic acid groups (broad SMARTS) is 1. The van der Waals surface area contributed by atoms with E-state index in [1.165, 1.54) is 11.1 Å². The Morgan fingerprint density at radius 2 is 2.09 bits per heavy atom.